The van der Waals surface area contributed by atoms with Gasteiger partial charge in [0.15, 0.2) is 5.92 Å². The Hall–Kier alpha value is -1.55. The average Bonchev–Trinajstić information content (AvgIpc) is 2.29. The summed E-state index contributed by atoms with van der Waals surface area (Å²) in [6, 6.07) is 7.41. The molecular weight excluding hydrogens is 242 g/mol. The highest BCUT2D eigenvalue weighted by Crippen LogP contribution is 2.18. The van der Waals surface area contributed by atoms with Crippen molar-refractivity contribution < 1.29 is 14.7 Å². The van der Waals surface area contributed by atoms with E-state index >= 15 is 0 Å². The van der Waals surface area contributed by atoms with Gasteiger partial charge in [-0.1, -0.05) is 23.7 Å². The van der Waals surface area contributed by atoms with E-state index in [4.69, 9.17) is 16.7 Å². The molecule has 1 aromatic rings. The summed E-state index contributed by atoms with van der Waals surface area (Å²) in [5.41, 5.74) is 1.08. The second-order valence-electron chi connectivity index (χ2n) is 4.05. The highest BCUT2D eigenvalue weighted by atomic mass is 35.5. The standard InChI is InChI=1S/C12H12ClNO3/c13-9-3-1-8(2-4-9)5-6-14-7-10(11(14)15)12(16)17/h1-4,10H,5-7H2,(H,16,17). The molecule has 5 heteroatoms. The van der Waals surface area contributed by atoms with E-state index in [2.05, 4.69) is 0 Å². The maximum Gasteiger partial charge on any atom is 0.317 e. The van der Waals surface area contributed by atoms with Gasteiger partial charge in [-0.2, -0.15) is 0 Å². The van der Waals surface area contributed by atoms with E-state index in [0.29, 0.717) is 18.1 Å². The van der Waals surface area contributed by atoms with Gasteiger partial charge < -0.3 is 10.0 Å². The van der Waals surface area contributed by atoms with Gasteiger partial charge in [0.2, 0.25) is 5.91 Å². The first kappa shape index (κ1) is 11.9. The minimum atomic E-state index is -1.03. The van der Waals surface area contributed by atoms with Crippen LogP contribution in [0.25, 0.3) is 0 Å². The van der Waals surface area contributed by atoms with Crippen LogP contribution in [0.3, 0.4) is 0 Å². The predicted molar refractivity (Wildman–Crippen MR) is 62.9 cm³/mol. The zero-order chi connectivity index (χ0) is 12.4. The van der Waals surface area contributed by atoms with Crippen molar-refractivity contribution in [3.8, 4) is 0 Å². The second-order valence-corrected chi connectivity index (χ2v) is 4.49. The van der Waals surface area contributed by atoms with Crippen molar-refractivity contribution >= 4 is 23.5 Å². The molecule has 0 bridgehead atoms. The molecule has 1 aromatic carbocycles. The van der Waals surface area contributed by atoms with Gasteiger partial charge in [0.25, 0.3) is 0 Å². The van der Waals surface area contributed by atoms with Gasteiger partial charge in [0.05, 0.1) is 0 Å². The molecule has 1 N–H and O–H groups in total. The van der Waals surface area contributed by atoms with Crippen LogP contribution in [0.2, 0.25) is 5.02 Å². The van der Waals surface area contributed by atoms with Crippen LogP contribution in [0, 0.1) is 5.92 Å². The predicted octanol–water partition coefficient (Wildman–Crippen LogP) is 1.43. The van der Waals surface area contributed by atoms with E-state index in [9.17, 15) is 9.59 Å². The third-order valence-electron chi connectivity index (χ3n) is 2.89. The monoisotopic (exact) mass is 253 g/mol. The minimum Gasteiger partial charge on any atom is -0.481 e. The van der Waals surface area contributed by atoms with Gasteiger partial charge in [-0.3, -0.25) is 9.59 Å². The molecule has 1 atom stereocenters. The summed E-state index contributed by atoms with van der Waals surface area (Å²) in [5, 5.41) is 9.36. The van der Waals surface area contributed by atoms with Crippen LogP contribution < -0.4 is 0 Å². The zero-order valence-electron chi connectivity index (χ0n) is 9.10. The number of amides is 1. The third-order valence-corrected chi connectivity index (χ3v) is 3.15. The van der Waals surface area contributed by atoms with Crippen LogP contribution in [-0.2, 0) is 16.0 Å². The number of halogens is 1. The number of likely N-dealkylation sites (tertiary alicyclic amines) is 1. The van der Waals surface area contributed by atoms with E-state index in [1.807, 2.05) is 12.1 Å². The number of benzene rings is 1. The molecule has 0 saturated carbocycles. The van der Waals surface area contributed by atoms with E-state index in [-0.39, 0.29) is 5.91 Å². The number of aliphatic carboxylic acids is 1. The van der Waals surface area contributed by atoms with Crippen LogP contribution >= 0.6 is 11.6 Å². The highest BCUT2D eigenvalue weighted by Gasteiger charge is 2.41. The molecule has 4 nitrogen and oxygen atoms in total. The molecule has 0 aromatic heterocycles. The molecule has 1 amide bonds. The first-order chi connectivity index (χ1) is 8.08. The fourth-order valence-corrected chi connectivity index (χ4v) is 1.92. The maximum atomic E-state index is 11.4. The third kappa shape index (κ3) is 2.58. The topological polar surface area (TPSA) is 57.6 Å². The number of β-lactam (4-membered cyclic amide) rings is 1. The van der Waals surface area contributed by atoms with Gasteiger partial charge in [-0.05, 0) is 24.1 Å². The number of carbonyl (C=O) groups is 2. The SMILES string of the molecule is O=C(O)C1CN(CCc2ccc(Cl)cc2)C1=O. The summed E-state index contributed by atoms with van der Waals surface area (Å²) < 4.78 is 0. The molecule has 2 rings (SSSR count). The van der Waals surface area contributed by atoms with Crippen molar-refractivity contribution in [3.05, 3.63) is 34.9 Å². The molecule has 1 aliphatic heterocycles. The van der Waals surface area contributed by atoms with Crippen LogP contribution in [-0.4, -0.2) is 35.0 Å². The quantitative estimate of drug-likeness (QED) is 0.652. The second kappa shape index (κ2) is 4.75. The zero-order valence-corrected chi connectivity index (χ0v) is 9.85. The summed E-state index contributed by atoms with van der Waals surface area (Å²) >= 11 is 5.76. The Kier molecular flexibility index (Phi) is 3.33. The number of carboxylic acids is 1. The van der Waals surface area contributed by atoms with Crippen molar-refractivity contribution in [2.75, 3.05) is 13.1 Å². The molecule has 1 heterocycles. The number of carboxylic acid groups (broad SMARTS) is 1. The van der Waals surface area contributed by atoms with E-state index in [1.165, 1.54) is 0 Å². The lowest BCUT2D eigenvalue weighted by molar-refractivity contribution is -0.161. The van der Waals surface area contributed by atoms with Crippen LogP contribution in [0.4, 0.5) is 0 Å². The fourth-order valence-electron chi connectivity index (χ4n) is 1.80. The molecule has 1 unspecified atom stereocenters. The van der Waals surface area contributed by atoms with E-state index < -0.39 is 11.9 Å². The molecule has 0 aliphatic carbocycles. The summed E-state index contributed by atoms with van der Waals surface area (Å²) in [6.45, 7) is 0.881. The van der Waals surface area contributed by atoms with Crippen molar-refractivity contribution in [3.63, 3.8) is 0 Å². The Morgan fingerprint density at radius 2 is 2.06 bits per heavy atom. The Morgan fingerprint density at radius 3 is 2.59 bits per heavy atom. The van der Waals surface area contributed by atoms with Gasteiger partial charge in [0, 0.05) is 18.1 Å². The smallest absolute Gasteiger partial charge is 0.317 e. The molecular formula is C12H12ClNO3. The number of hydrogen-bond donors (Lipinski definition) is 1. The molecule has 1 aliphatic rings. The summed E-state index contributed by atoms with van der Waals surface area (Å²) in [5.74, 6) is -2.15. The highest BCUT2D eigenvalue weighted by molar-refractivity contribution is 6.30. The molecule has 90 valence electrons. The first-order valence-electron chi connectivity index (χ1n) is 5.34. The first-order valence-corrected chi connectivity index (χ1v) is 5.72. The summed E-state index contributed by atoms with van der Waals surface area (Å²) in [7, 11) is 0. The Balaban J connectivity index is 1.83. The maximum absolute atomic E-state index is 11.4. The number of hydrogen-bond acceptors (Lipinski definition) is 2. The van der Waals surface area contributed by atoms with Crippen molar-refractivity contribution in [2.45, 2.75) is 6.42 Å². The molecule has 17 heavy (non-hydrogen) atoms. The average molecular weight is 254 g/mol. The van der Waals surface area contributed by atoms with Gasteiger partial charge in [-0.15, -0.1) is 0 Å². The van der Waals surface area contributed by atoms with Crippen LogP contribution in [0.15, 0.2) is 24.3 Å². The Bertz CT molecular complexity index is 444. The molecule has 1 fully saturated rings. The van der Waals surface area contributed by atoms with Crippen molar-refractivity contribution in [1.82, 2.24) is 4.90 Å². The number of rotatable bonds is 4. The van der Waals surface area contributed by atoms with E-state index in [0.717, 1.165) is 12.0 Å². The summed E-state index contributed by atoms with van der Waals surface area (Å²) in [4.78, 5) is 23.6. The van der Waals surface area contributed by atoms with Crippen LogP contribution in [0.1, 0.15) is 5.56 Å². The fraction of sp³-hybridized carbons (Fsp3) is 0.333. The molecule has 1 saturated heterocycles. The molecule has 0 radical (unpaired) electrons. The normalized spacial score (nSPS) is 19.0. The largest absolute Gasteiger partial charge is 0.481 e. The lowest BCUT2D eigenvalue weighted by Crippen LogP contribution is -2.56. The van der Waals surface area contributed by atoms with Crippen LogP contribution in [0.5, 0.6) is 0 Å². The number of carbonyl (C=O) groups excluding carboxylic acids is 1. The van der Waals surface area contributed by atoms with Gasteiger partial charge in [-0.25, -0.2) is 0 Å². The lowest BCUT2D eigenvalue weighted by Gasteiger charge is -2.36. The van der Waals surface area contributed by atoms with Gasteiger partial charge >= 0.3 is 5.97 Å². The lowest BCUT2D eigenvalue weighted by atomic mass is 9.98. The number of nitrogens with zero attached hydrogens (tertiary/aromatic N) is 1. The van der Waals surface area contributed by atoms with Gasteiger partial charge in [0.1, 0.15) is 0 Å². The van der Waals surface area contributed by atoms with Crippen molar-refractivity contribution in [2.24, 2.45) is 5.92 Å². The molecule has 0 spiro atoms. The van der Waals surface area contributed by atoms with Crippen molar-refractivity contribution in [1.29, 1.82) is 0 Å². The Morgan fingerprint density at radius 1 is 1.41 bits per heavy atom. The van der Waals surface area contributed by atoms with E-state index in [1.54, 1.807) is 17.0 Å². The Labute approximate surface area is 104 Å². The minimum absolute atomic E-state index is 0.286. The summed E-state index contributed by atoms with van der Waals surface area (Å²) in [6.07, 6.45) is 0.718.